The van der Waals surface area contributed by atoms with Gasteiger partial charge in [-0.25, -0.2) is 23.1 Å². The number of aromatic nitrogens is 5. The zero-order valence-electron chi connectivity index (χ0n) is 18.4. The summed E-state index contributed by atoms with van der Waals surface area (Å²) in [4.78, 5) is 13.5. The Morgan fingerprint density at radius 2 is 1.65 bits per heavy atom. The summed E-state index contributed by atoms with van der Waals surface area (Å²) in [6.45, 7) is 3.76. The zero-order valence-corrected chi connectivity index (χ0v) is 18.4. The highest BCUT2D eigenvalue weighted by Crippen LogP contribution is 2.36. The maximum Gasteiger partial charge on any atom is 0.223 e. The molecule has 0 bridgehead atoms. The predicted octanol–water partition coefficient (Wildman–Crippen LogP) is 5.06. The lowest BCUT2D eigenvalue weighted by atomic mass is 9.97. The van der Waals surface area contributed by atoms with E-state index in [9.17, 15) is 13.2 Å². The molecule has 5 aromatic rings. The first-order chi connectivity index (χ1) is 16.3. The smallest absolute Gasteiger partial charge is 0.223 e. The topological polar surface area (TPSA) is 82.0 Å². The highest BCUT2D eigenvalue weighted by Gasteiger charge is 2.22. The molecule has 0 saturated heterocycles. The van der Waals surface area contributed by atoms with Crippen LogP contribution in [-0.2, 0) is 6.42 Å². The highest BCUT2D eigenvalue weighted by atomic mass is 19.1. The number of fused-ring (bicyclic) bond motifs is 1. The minimum Gasteiger partial charge on any atom is -0.368 e. The molecule has 2 aromatic carbocycles. The Balaban J connectivity index is 1.79. The third-order valence-corrected chi connectivity index (χ3v) is 5.58. The maximum absolute atomic E-state index is 14.3. The molecule has 34 heavy (non-hydrogen) atoms. The zero-order chi connectivity index (χ0) is 24.0. The Kier molecular flexibility index (Phi) is 5.24. The van der Waals surface area contributed by atoms with Gasteiger partial charge >= 0.3 is 0 Å². The molecule has 170 valence electrons. The van der Waals surface area contributed by atoms with Gasteiger partial charge in [0.1, 0.15) is 17.5 Å². The predicted molar refractivity (Wildman–Crippen MR) is 122 cm³/mol. The van der Waals surface area contributed by atoms with E-state index in [-0.39, 0.29) is 29.6 Å². The fraction of sp³-hybridized carbons (Fsp3) is 0.120. The van der Waals surface area contributed by atoms with E-state index in [0.29, 0.717) is 22.5 Å². The van der Waals surface area contributed by atoms with Gasteiger partial charge in [-0.1, -0.05) is 6.07 Å². The minimum atomic E-state index is -0.683. The summed E-state index contributed by atoms with van der Waals surface area (Å²) < 4.78 is 43.5. The maximum atomic E-state index is 14.3. The van der Waals surface area contributed by atoms with Crippen molar-refractivity contribution in [3.05, 3.63) is 94.8 Å². The van der Waals surface area contributed by atoms with E-state index in [1.807, 2.05) is 19.9 Å². The number of nitrogens with zero attached hydrogens (tertiary/aromatic N) is 5. The molecule has 0 atom stereocenters. The van der Waals surface area contributed by atoms with E-state index in [4.69, 9.17) is 5.73 Å². The molecule has 0 saturated carbocycles. The number of hydrogen-bond donors (Lipinski definition) is 1. The van der Waals surface area contributed by atoms with Crippen LogP contribution in [0, 0.1) is 31.3 Å². The molecule has 0 amide bonds. The Hall–Kier alpha value is -4.27. The van der Waals surface area contributed by atoms with Gasteiger partial charge in [0, 0.05) is 29.4 Å². The van der Waals surface area contributed by atoms with Gasteiger partial charge in [0.25, 0.3) is 0 Å². The Bertz CT molecular complexity index is 1520. The van der Waals surface area contributed by atoms with Gasteiger partial charge in [-0.3, -0.25) is 4.98 Å². The van der Waals surface area contributed by atoms with Crippen molar-refractivity contribution in [1.29, 1.82) is 0 Å². The number of benzene rings is 2. The van der Waals surface area contributed by atoms with Crippen LogP contribution in [0.15, 0.2) is 54.7 Å². The molecule has 0 fully saturated rings. The van der Waals surface area contributed by atoms with Crippen LogP contribution >= 0.6 is 0 Å². The number of rotatable bonds is 4. The lowest BCUT2D eigenvalue weighted by Crippen LogP contribution is -2.06. The molecule has 0 aliphatic rings. The lowest BCUT2D eigenvalue weighted by Gasteiger charge is -2.14. The molecule has 0 aliphatic heterocycles. The van der Waals surface area contributed by atoms with Crippen molar-refractivity contribution < 1.29 is 13.2 Å². The largest absolute Gasteiger partial charge is 0.368 e. The fourth-order valence-corrected chi connectivity index (χ4v) is 3.90. The summed E-state index contributed by atoms with van der Waals surface area (Å²) >= 11 is 0. The highest BCUT2D eigenvalue weighted by molar-refractivity contribution is 5.91. The number of hydrogen-bond acceptors (Lipinski definition) is 5. The summed E-state index contributed by atoms with van der Waals surface area (Å²) in [5, 5.41) is 4.39. The number of anilines is 1. The van der Waals surface area contributed by atoms with Crippen LogP contribution in [0.1, 0.15) is 22.6 Å². The van der Waals surface area contributed by atoms with Gasteiger partial charge in [-0.05, 0) is 67.4 Å². The standard InChI is InChI=1S/C25H19F3N6/c1-13-12-30-14(2)10-17(13)22-23(15-6-8-16(26)9-7-15)32-25(29)34-24(22)31-21(33-34)11-18-19(27)4-3-5-20(18)28/h3-10,12H,11H2,1-2H3,(H2,29,32). The van der Waals surface area contributed by atoms with Crippen LogP contribution in [0.2, 0.25) is 0 Å². The molecule has 3 aromatic heterocycles. The summed E-state index contributed by atoms with van der Waals surface area (Å²) in [5.41, 5.74) is 10.6. The number of aryl methyl sites for hydroxylation is 2. The molecular weight excluding hydrogens is 441 g/mol. The van der Waals surface area contributed by atoms with Gasteiger partial charge in [0.2, 0.25) is 5.95 Å². The first kappa shape index (κ1) is 21.6. The van der Waals surface area contributed by atoms with Gasteiger partial charge in [-0.15, -0.1) is 5.10 Å². The SMILES string of the molecule is Cc1cc(-c2c(-c3ccc(F)cc3)nc(N)n3nc(Cc4c(F)cccc4F)nc23)c(C)cn1. The first-order valence-corrected chi connectivity index (χ1v) is 10.5. The van der Waals surface area contributed by atoms with Crippen LogP contribution in [0.5, 0.6) is 0 Å². The Morgan fingerprint density at radius 1 is 0.941 bits per heavy atom. The van der Waals surface area contributed by atoms with E-state index < -0.39 is 11.6 Å². The summed E-state index contributed by atoms with van der Waals surface area (Å²) in [6, 6.07) is 11.4. The minimum absolute atomic E-state index is 0.0364. The molecule has 0 unspecified atom stereocenters. The van der Waals surface area contributed by atoms with Gasteiger partial charge in [0.05, 0.1) is 11.3 Å². The van der Waals surface area contributed by atoms with Gasteiger partial charge < -0.3 is 5.73 Å². The molecule has 5 rings (SSSR count). The van der Waals surface area contributed by atoms with Crippen LogP contribution in [-0.4, -0.2) is 24.6 Å². The van der Waals surface area contributed by atoms with Crippen molar-refractivity contribution in [2.45, 2.75) is 20.3 Å². The van der Waals surface area contributed by atoms with Gasteiger partial charge in [0.15, 0.2) is 11.5 Å². The van der Waals surface area contributed by atoms with E-state index in [1.54, 1.807) is 18.3 Å². The van der Waals surface area contributed by atoms with Crippen molar-refractivity contribution >= 4 is 11.6 Å². The Morgan fingerprint density at radius 3 is 2.35 bits per heavy atom. The number of halogens is 3. The monoisotopic (exact) mass is 460 g/mol. The third kappa shape index (κ3) is 3.75. The average molecular weight is 460 g/mol. The summed E-state index contributed by atoms with van der Waals surface area (Å²) in [7, 11) is 0. The molecule has 0 spiro atoms. The van der Waals surface area contributed by atoms with Crippen LogP contribution in [0.25, 0.3) is 28.0 Å². The van der Waals surface area contributed by atoms with Crippen molar-refractivity contribution in [3.8, 4) is 22.4 Å². The van der Waals surface area contributed by atoms with E-state index >= 15 is 0 Å². The Labute approximate surface area is 192 Å². The van der Waals surface area contributed by atoms with Crippen molar-refractivity contribution in [2.24, 2.45) is 0 Å². The average Bonchev–Trinajstić information content (AvgIpc) is 3.23. The number of nitrogen functional groups attached to an aromatic ring is 1. The van der Waals surface area contributed by atoms with Crippen molar-refractivity contribution in [2.75, 3.05) is 5.73 Å². The molecule has 0 aliphatic carbocycles. The molecule has 0 radical (unpaired) electrons. The molecule has 2 N–H and O–H groups in total. The molecule has 3 heterocycles. The molecule has 6 nitrogen and oxygen atoms in total. The van der Waals surface area contributed by atoms with E-state index in [2.05, 4.69) is 20.1 Å². The van der Waals surface area contributed by atoms with E-state index in [0.717, 1.165) is 16.8 Å². The van der Waals surface area contributed by atoms with Crippen LogP contribution < -0.4 is 5.73 Å². The third-order valence-electron chi connectivity index (χ3n) is 5.58. The molecular formula is C25H19F3N6. The quantitative estimate of drug-likeness (QED) is 0.405. The summed E-state index contributed by atoms with van der Waals surface area (Å²) in [6.07, 6.45) is 1.57. The van der Waals surface area contributed by atoms with Crippen LogP contribution in [0.4, 0.5) is 19.1 Å². The number of nitrogens with two attached hydrogens (primary N) is 1. The second-order valence-electron chi connectivity index (χ2n) is 7.98. The fourth-order valence-electron chi connectivity index (χ4n) is 3.90. The summed E-state index contributed by atoms with van der Waals surface area (Å²) in [5.74, 6) is -1.53. The van der Waals surface area contributed by atoms with Crippen molar-refractivity contribution in [3.63, 3.8) is 0 Å². The molecule has 9 heteroatoms. The second kappa shape index (κ2) is 8.26. The van der Waals surface area contributed by atoms with E-state index in [1.165, 1.54) is 34.8 Å². The first-order valence-electron chi connectivity index (χ1n) is 10.5. The normalized spacial score (nSPS) is 11.3. The van der Waals surface area contributed by atoms with Crippen molar-refractivity contribution in [1.82, 2.24) is 24.6 Å². The van der Waals surface area contributed by atoms with Crippen LogP contribution in [0.3, 0.4) is 0 Å². The van der Waals surface area contributed by atoms with Gasteiger partial charge in [-0.2, -0.15) is 4.52 Å². The second-order valence-corrected chi connectivity index (χ2v) is 7.98. The number of pyridine rings is 1. The lowest BCUT2D eigenvalue weighted by molar-refractivity contribution is 0.559.